The van der Waals surface area contributed by atoms with Crippen LogP contribution in [0.1, 0.15) is 72.1 Å². The fourth-order valence-electron chi connectivity index (χ4n) is 3.48. The van der Waals surface area contributed by atoms with Gasteiger partial charge in [-0.25, -0.2) is 0 Å². The van der Waals surface area contributed by atoms with Gasteiger partial charge in [0.15, 0.2) is 0 Å². The van der Waals surface area contributed by atoms with Crippen LogP contribution in [0.25, 0.3) is 0 Å². The molecule has 1 atom stereocenters. The fraction of sp³-hybridized carbons (Fsp3) is 0.933. The molecule has 1 fully saturated rings. The van der Waals surface area contributed by atoms with E-state index in [-0.39, 0.29) is 11.4 Å². The largest absolute Gasteiger partial charge is 0.465 e. The standard InChI is InChI=1S/C15H28O2/c1-4-8-13-9-7-12-17-14(16)15(13,10-5-2)11-6-3/h13H,4-12H2,1-3H3. The molecule has 0 bridgehead atoms. The number of ether oxygens (including phenoxy) is 1. The summed E-state index contributed by atoms with van der Waals surface area (Å²) < 4.78 is 5.46. The van der Waals surface area contributed by atoms with Gasteiger partial charge in [0.25, 0.3) is 0 Å². The molecule has 17 heavy (non-hydrogen) atoms. The predicted molar refractivity (Wildman–Crippen MR) is 70.8 cm³/mol. The molecule has 0 saturated carbocycles. The smallest absolute Gasteiger partial charge is 0.312 e. The lowest BCUT2D eigenvalue weighted by atomic mass is 9.66. The molecule has 0 aromatic heterocycles. The minimum absolute atomic E-state index is 0.0946. The molecule has 2 heteroatoms. The Balaban J connectivity index is 2.96. The van der Waals surface area contributed by atoms with Crippen molar-refractivity contribution in [3.05, 3.63) is 0 Å². The maximum Gasteiger partial charge on any atom is 0.312 e. The summed E-state index contributed by atoms with van der Waals surface area (Å²) in [7, 11) is 0. The Kier molecular flexibility index (Phi) is 6.01. The van der Waals surface area contributed by atoms with E-state index in [2.05, 4.69) is 20.8 Å². The molecule has 1 aliphatic heterocycles. The lowest BCUT2D eigenvalue weighted by molar-refractivity contribution is -0.158. The van der Waals surface area contributed by atoms with Gasteiger partial charge in [-0.05, 0) is 38.0 Å². The van der Waals surface area contributed by atoms with Gasteiger partial charge in [-0.15, -0.1) is 0 Å². The molecular weight excluding hydrogens is 212 g/mol. The first kappa shape index (κ1) is 14.5. The van der Waals surface area contributed by atoms with E-state index in [1.807, 2.05) is 0 Å². The molecule has 2 nitrogen and oxygen atoms in total. The van der Waals surface area contributed by atoms with Crippen LogP contribution >= 0.6 is 0 Å². The molecule has 0 aromatic carbocycles. The van der Waals surface area contributed by atoms with Gasteiger partial charge in [0, 0.05) is 0 Å². The van der Waals surface area contributed by atoms with Gasteiger partial charge in [0.1, 0.15) is 0 Å². The van der Waals surface area contributed by atoms with Crippen molar-refractivity contribution in [2.75, 3.05) is 6.61 Å². The van der Waals surface area contributed by atoms with Crippen LogP contribution in [-0.4, -0.2) is 12.6 Å². The van der Waals surface area contributed by atoms with Gasteiger partial charge in [0.2, 0.25) is 0 Å². The van der Waals surface area contributed by atoms with E-state index in [1.54, 1.807) is 0 Å². The summed E-state index contributed by atoms with van der Waals surface area (Å²) in [5.41, 5.74) is -0.171. The molecule has 0 aliphatic carbocycles. The second-order valence-electron chi connectivity index (χ2n) is 5.42. The Labute approximate surface area is 106 Å². The number of hydrogen-bond acceptors (Lipinski definition) is 2. The number of esters is 1. The monoisotopic (exact) mass is 240 g/mol. The summed E-state index contributed by atoms with van der Waals surface area (Å²) in [6.45, 7) is 7.21. The van der Waals surface area contributed by atoms with Crippen molar-refractivity contribution in [2.24, 2.45) is 11.3 Å². The van der Waals surface area contributed by atoms with E-state index >= 15 is 0 Å². The summed E-state index contributed by atoms with van der Waals surface area (Å²) in [4.78, 5) is 12.4. The molecule has 0 spiro atoms. The van der Waals surface area contributed by atoms with Gasteiger partial charge in [-0.2, -0.15) is 0 Å². The van der Waals surface area contributed by atoms with Crippen LogP contribution < -0.4 is 0 Å². The highest BCUT2D eigenvalue weighted by Gasteiger charge is 2.45. The van der Waals surface area contributed by atoms with E-state index in [4.69, 9.17) is 4.74 Å². The molecule has 1 aliphatic rings. The van der Waals surface area contributed by atoms with E-state index in [9.17, 15) is 4.79 Å². The Morgan fingerprint density at radius 1 is 1.18 bits per heavy atom. The molecule has 1 unspecified atom stereocenters. The third kappa shape index (κ3) is 3.23. The van der Waals surface area contributed by atoms with E-state index in [1.165, 1.54) is 19.3 Å². The van der Waals surface area contributed by atoms with Crippen LogP contribution in [0.3, 0.4) is 0 Å². The minimum Gasteiger partial charge on any atom is -0.465 e. The molecule has 1 rings (SSSR count). The zero-order valence-corrected chi connectivity index (χ0v) is 11.8. The summed E-state index contributed by atoms with van der Waals surface area (Å²) in [5, 5.41) is 0. The van der Waals surface area contributed by atoms with Crippen LogP contribution in [0.2, 0.25) is 0 Å². The van der Waals surface area contributed by atoms with Crippen LogP contribution in [-0.2, 0) is 9.53 Å². The van der Waals surface area contributed by atoms with Crippen molar-refractivity contribution in [1.82, 2.24) is 0 Å². The zero-order valence-electron chi connectivity index (χ0n) is 11.8. The first-order valence-corrected chi connectivity index (χ1v) is 7.38. The van der Waals surface area contributed by atoms with Crippen molar-refractivity contribution in [2.45, 2.75) is 72.1 Å². The molecule has 100 valence electrons. The van der Waals surface area contributed by atoms with Crippen LogP contribution in [0.4, 0.5) is 0 Å². The Morgan fingerprint density at radius 3 is 2.35 bits per heavy atom. The third-order valence-corrected chi connectivity index (χ3v) is 4.15. The lowest BCUT2D eigenvalue weighted by Crippen LogP contribution is -2.38. The van der Waals surface area contributed by atoms with E-state index < -0.39 is 0 Å². The Hall–Kier alpha value is -0.530. The highest BCUT2D eigenvalue weighted by atomic mass is 16.5. The second kappa shape index (κ2) is 7.03. The van der Waals surface area contributed by atoms with Crippen LogP contribution in [0, 0.1) is 11.3 Å². The van der Waals surface area contributed by atoms with Gasteiger partial charge in [0.05, 0.1) is 12.0 Å². The second-order valence-corrected chi connectivity index (χ2v) is 5.42. The van der Waals surface area contributed by atoms with Crippen molar-refractivity contribution in [3.63, 3.8) is 0 Å². The Morgan fingerprint density at radius 2 is 1.82 bits per heavy atom. The maximum atomic E-state index is 12.4. The normalized spacial score (nSPS) is 24.2. The number of hydrogen-bond donors (Lipinski definition) is 0. The number of rotatable bonds is 6. The summed E-state index contributed by atoms with van der Waals surface area (Å²) in [5.74, 6) is 0.638. The number of carbonyl (C=O) groups is 1. The fourth-order valence-corrected chi connectivity index (χ4v) is 3.48. The van der Waals surface area contributed by atoms with Crippen molar-refractivity contribution < 1.29 is 9.53 Å². The van der Waals surface area contributed by atoms with Gasteiger partial charge in [-0.3, -0.25) is 4.79 Å². The van der Waals surface area contributed by atoms with E-state index in [0.29, 0.717) is 12.5 Å². The number of carbonyl (C=O) groups excluding carboxylic acids is 1. The van der Waals surface area contributed by atoms with E-state index in [0.717, 1.165) is 32.1 Å². The Bertz CT molecular complexity index is 229. The zero-order chi connectivity index (χ0) is 12.7. The predicted octanol–water partition coefficient (Wildman–Crippen LogP) is 4.33. The topological polar surface area (TPSA) is 26.3 Å². The van der Waals surface area contributed by atoms with Crippen molar-refractivity contribution >= 4 is 5.97 Å². The first-order valence-electron chi connectivity index (χ1n) is 7.38. The van der Waals surface area contributed by atoms with Crippen molar-refractivity contribution in [3.8, 4) is 0 Å². The SMILES string of the molecule is CCCC1CCCOC(=O)C1(CCC)CCC. The highest BCUT2D eigenvalue weighted by Crippen LogP contribution is 2.45. The molecular formula is C15H28O2. The average molecular weight is 240 g/mol. The summed E-state index contributed by atoms with van der Waals surface area (Å²) in [6.07, 6.45) is 8.73. The first-order chi connectivity index (χ1) is 8.21. The van der Waals surface area contributed by atoms with Gasteiger partial charge in [-0.1, -0.05) is 40.0 Å². The van der Waals surface area contributed by atoms with Gasteiger partial charge < -0.3 is 4.74 Å². The highest BCUT2D eigenvalue weighted by molar-refractivity contribution is 5.77. The molecule has 1 saturated heterocycles. The minimum atomic E-state index is -0.171. The molecule has 1 heterocycles. The molecule has 0 N–H and O–H groups in total. The average Bonchev–Trinajstić information content (AvgIpc) is 2.44. The maximum absolute atomic E-state index is 12.4. The third-order valence-electron chi connectivity index (χ3n) is 4.15. The molecule has 0 radical (unpaired) electrons. The lowest BCUT2D eigenvalue weighted by Gasteiger charge is -2.37. The van der Waals surface area contributed by atoms with Gasteiger partial charge >= 0.3 is 5.97 Å². The summed E-state index contributed by atoms with van der Waals surface area (Å²) in [6, 6.07) is 0. The van der Waals surface area contributed by atoms with Crippen LogP contribution in [0.15, 0.2) is 0 Å². The number of cyclic esters (lactones) is 1. The molecule has 0 amide bonds. The quantitative estimate of drug-likeness (QED) is 0.646. The summed E-state index contributed by atoms with van der Waals surface area (Å²) >= 11 is 0. The molecule has 0 aromatic rings. The van der Waals surface area contributed by atoms with Crippen molar-refractivity contribution in [1.29, 1.82) is 0 Å². The van der Waals surface area contributed by atoms with Crippen LogP contribution in [0.5, 0.6) is 0 Å².